The zero-order valence-electron chi connectivity index (χ0n) is 30.7. The molecule has 1 heterocycles. The molecule has 6 aromatic carbocycles. The van der Waals surface area contributed by atoms with E-state index in [0.717, 1.165) is 61.6 Å². The molecule has 0 saturated heterocycles. The van der Waals surface area contributed by atoms with Crippen molar-refractivity contribution in [2.24, 2.45) is 0 Å². The summed E-state index contributed by atoms with van der Waals surface area (Å²) >= 11 is 0. The molecule has 0 bridgehead atoms. The fourth-order valence-corrected chi connectivity index (χ4v) is 8.67. The normalized spacial score (nSPS) is 16.5. The number of allylic oxidation sites excluding steroid dienone is 5. The maximum Gasteiger partial charge on any atom is 0.0998 e. The van der Waals surface area contributed by atoms with Crippen LogP contribution in [0.4, 0.5) is 0 Å². The van der Waals surface area contributed by atoms with Gasteiger partial charge in [0, 0.05) is 32.7 Å². The van der Waals surface area contributed by atoms with Gasteiger partial charge in [-0.25, -0.2) is 4.98 Å². The van der Waals surface area contributed by atoms with Gasteiger partial charge in [0.05, 0.1) is 22.8 Å². The van der Waals surface area contributed by atoms with Crippen molar-refractivity contribution in [2.75, 3.05) is 0 Å². The Labute approximate surface area is 312 Å². The third-order valence-corrected chi connectivity index (χ3v) is 11.8. The molecule has 0 aliphatic heterocycles. The quantitative estimate of drug-likeness (QED) is 0.174. The summed E-state index contributed by atoms with van der Waals surface area (Å²) in [5.41, 5.74) is 16.3. The molecule has 0 saturated carbocycles. The van der Waals surface area contributed by atoms with Gasteiger partial charge in [-0.2, -0.15) is 5.26 Å². The summed E-state index contributed by atoms with van der Waals surface area (Å²) in [5, 5.41) is 13.6. The van der Waals surface area contributed by atoms with Gasteiger partial charge in [-0.05, 0) is 97.8 Å². The topological polar surface area (TPSA) is 36.7 Å². The van der Waals surface area contributed by atoms with Crippen LogP contribution in [0.5, 0.6) is 0 Å². The molecule has 254 valence electrons. The number of hydrogen-bond donors (Lipinski definition) is 0. The number of aromatic nitrogens is 1. The monoisotopic (exact) mass is 680 g/mol. The van der Waals surface area contributed by atoms with Crippen molar-refractivity contribution in [3.8, 4) is 50.7 Å². The largest absolute Gasteiger partial charge is 0.247 e. The highest BCUT2D eigenvalue weighted by molar-refractivity contribution is 6.16. The lowest BCUT2D eigenvalue weighted by molar-refractivity contribution is 0.635. The number of nitrogens with zero attached hydrogens (tertiary/aromatic N) is 2. The number of rotatable bonds is 3. The minimum absolute atomic E-state index is 0.110. The van der Waals surface area contributed by atoms with Crippen LogP contribution < -0.4 is 0 Å². The van der Waals surface area contributed by atoms with Crippen molar-refractivity contribution in [3.63, 3.8) is 0 Å². The van der Waals surface area contributed by atoms with Crippen molar-refractivity contribution in [1.82, 2.24) is 4.98 Å². The molecular formula is C51H40N2. The smallest absolute Gasteiger partial charge is 0.0998 e. The second-order valence-electron chi connectivity index (χ2n) is 15.5. The number of fused-ring (bicyclic) bond motifs is 7. The van der Waals surface area contributed by atoms with E-state index in [2.05, 4.69) is 168 Å². The Morgan fingerprint density at radius 2 is 1.28 bits per heavy atom. The van der Waals surface area contributed by atoms with E-state index in [4.69, 9.17) is 4.98 Å². The Morgan fingerprint density at radius 1 is 0.585 bits per heavy atom. The van der Waals surface area contributed by atoms with E-state index in [1.807, 2.05) is 18.2 Å². The van der Waals surface area contributed by atoms with Gasteiger partial charge < -0.3 is 0 Å². The lowest BCUT2D eigenvalue weighted by atomic mass is 9.75. The van der Waals surface area contributed by atoms with Crippen LogP contribution in [-0.2, 0) is 17.3 Å². The van der Waals surface area contributed by atoms with Crippen LogP contribution in [0, 0.1) is 11.3 Å². The van der Waals surface area contributed by atoms with E-state index in [1.54, 1.807) is 0 Å². The zero-order chi connectivity index (χ0) is 36.5. The fraction of sp³-hybridized carbons (Fsp3) is 0.137. The molecule has 7 aromatic rings. The van der Waals surface area contributed by atoms with E-state index in [0.29, 0.717) is 5.56 Å². The Balaban J connectivity index is 1.32. The van der Waals surface area contributed by atoms with Crippen molar-refractivity contribution >= 4 is 21.7 Å². The summed E-state index contributed by atoms with van der Waals surface area (Å²) < 4.78 is 0. The van der Waals surface area contributed by atoms with Gasteiger partial charge in [0.25, 0.3) is 0 Å². The Morgan fingerprint density at radius 3 is 2.11 bits per heavy atom. The minimum atomic E-state index is -0.270. The van der Waals surface area contributed by atoms with E-state index >= 15 is 0 Å². The lowest BCUT2D eigenvalue weighted by Gasteiger charge is -2.29. The molecular weight excluding hydrogens is 641 g/mol. The SMILES string of the molecule is C=C1/C=C\C=C/Cc2ccc(-c3cc(-c4ccccc4C#N)c4cc(-c5ccc6c(c5)C(C)(C)c5ccccc5-6)c5ccccc5c4n3)cc2C1(C)C. The van der Waals surface area contributed by atoms with Crippen molar-refractivity contribution in [2.45, 2.75) is 44.9 Å². The highest BCUT2D eigenvalue weighted by Gasteiger charge is 2.35. The number of benzene rings is 6. The molecule has 0 spiro atoms. The van der Waals surface area contributed by atoms with Crippen molar-refractivity contribution in [3.05, 3.63) is 186 Å². The predicted molar refractivity (Wildman–Crippen MR) is 222 cm³/mol. The van der Waals surface area contributed by atoms with Gasteiger partial charge in [-0.1, -0.05) is 150 Å². The first-order chi connectivity index (χ1) is 25.7. The second-order valence-corrected chi connectivity index (χ2v) is 15.5. The van der Waals surface area contributed by atoms with Crippen LogP contribution in [0.1, 0.15) is 55.5 Å². The number of nitriles is 1. The fourth-order valence-electron chi connectivity index (χ4n) is 8.67. The molecule has 2 aliphatic rings. The van der Waals surface area contributed by atoms with Crippen LogP contribution in [0.2, 0.25) is 0 Å². The standard InChI is InChI=1S/C51H40N2/c1-32-15-7-6-8-16-33-23-24-35(28-46(33)50(32,2)3)48-30-43(37-18-10-9-17-36(37)31-52)44-29-42(38-19-11-12-21-41(38)49(44)53-48)34-25-26-40-39-20-13-14-22-45(39)51(4,5)47(40)27-34/h6-15,17-30H,1,16H2,2-5H3/b8-6-,15-7-. The van der Waals surface area contributed by atoms with Crippen LogP contribution in [0.3, 0.4) is 0 Å². The molecule has 0 radical (unpaired) electrons. The summed E-state index contributed by atoms with van der Waals surface area (Å²) in [4.78, 5) is 5.50. The van der Waals surface area contributed by atoms with Crippen molar-refractivity contribution in [1.29, 1.82) is 5.26 Å². The van der Waals surface area contributed by atoms with Crippen LogP contribution >= 0.6 is 0 Å². The number of hydrogen-bond acceptors (Lipinski definition) is 2. The summed E-state index contributed by atoms with van der Waals surface area (Å²) in [7, 11) is 0. The van der Waals surface area contributed by atoms with Crippen molar-refractivity contribution < 1.29 is 0 Å². The molecule has 0 unspecified atom stereocenters. The van der Waals surface area contributed by atoms with Gasteiger partial charge >= 0.3 is 0 Å². The summed E-state index contributed by atoms with van der Waals surface area (Å²) in [6.07, 6.45) is 9.37. The third-order valence-electron chi connectivity index (χ3n) is 11.8. The molecule has 0 atom stereocenters. The van der Waals surface area contributed by atoms with Crippen LogP contribution in [-0.4, -0.2) is 4.98 Å². The average Bonchev–Trinajstić information content (AvgIpc) is 3.44. The Kier molecular flexibility index (Phi) is 7.47. The second kappa shape index (κ2) is 12.1. The van der Waals surface area contributed by atoms with Gasteiger partial charge in [0.15, 0.2) is 0 Å². The molecule has 0 fully saturated rings. The molecule has 53 heavy (non-hydrogen) atoms. The molecule has 0 N–H and O–H groups in total. The minimum Gasteiger partial charge on any atom is -0.247 e. The van der Waals surface area contributed by atoms with Gasteiger partial charge in [-0.15, -0.1) is 0 Å². The Hall–Kier alpha value is -6.30. The Bertz CT molecular complexity index is 2780. The molecule has 2 aliphatic carbocycles. The molecule has 1 aromatic heterocycles. The number of pyridine rings is 1. The van der Waals surface area contributed by atoms with Crippen LogP contribution in [0.15, 0.2) is 158 Å². The molecule has 2 heteroatoms. The summed E-state index contributed by atoms with van der Waals surface area (Å²) in [5.74, 6) is 0. The van der Waals surface area contributed by atoms with E-state index in [-0.39, 0.29) is 10.8 Å². The molecule has 2 nitrogen and oxygen atoms in total. The highest BCUT2D eigenvalue weighted by Crippen LogP contribution is 2.50. The van der Waals surface area contributed by atoms with Crippen LogP contribution in [0.25, 0.3) is 66.3 Å². The van der Waals surface area contributed by atoms with E-state index in [9.17, 15) is 5.26 Å². The molecule has 0 amide bonds. The van der Waals surface area contributed by atoms with Gasteiger partial charge in [0.2, 0.25) is 0 Å². The molecule has 9 rings (SSSR count). The van der Waals surface area contributed by atoms with Gasteiger partial charge in [-0.3, -0.25) is 0 Å². The first kappa shape index (κ1) is 32.6. The van der Waals surface area contributed by atoms with Gasteiger partial charge in [0.1, 0.15) is 0 Å². The summed E-state index contributed by atoms with van der Waals surface area (Å²) in [6, 6.07) is 46.1. The third kappa shape index (κ3) is 5.11. The average molecular weight is 681 g/mol. The predicted octanol–water partition coefficient (Wildman–Crippen LogP) is 13.1. The first-order valence-corrected chi connectivity index (χ1v) is 18.4. The maximum atomic E-state index is 10.4. The first-order valence-electron chi connectivity index (χ1n) is 18.4. The summed E-state index contributed by atoms with van der Waals surface area (Å²) in [6.45, 7) is 13.6. The maximum absolute atomic E-state index is 10.4. The lowest BCUT2D eigenvalue weighted by Crippen LogP contribution is -2.20. The van der Waals surface area contributed by atoms with E-state index < -0.39 is 0 Å². The zero-order valence-corrected chi connectivity index (χ0v) is 30.7. The van der Waals surface area contributed by atoms with E-state index in [1.165, 1.54) is 38.9 Å². The highest BCUT2D eigenvalue weighted by atomic mass is 14.7.